The zero-order chi connectivity index (χ0) is 11.5. The highest BCUT2D eigenvalue weighted by Gasteiger charge is 2.14. The fourth-order valence-electron chi connectivity index (χ4n) is 1.50. The summed E-state index contributed by atoms with van der Waals surface area (Å²) in [6.45, 7) is 2.95. The van der Waals surface area contributed by atoms with Crippen LogP contribution in [0.15, 0.2) is 23.1 Å². The summed E-state index contributed by atoms with van der Waals surface area (Å²) in [6.07, 6.45) is 0. The molecule has 0 amide bonds. The van der Waals surface area contributed by atoms with E-state index >= 15 is 0 Å². The molecule has 0 aliphatic carbocycles. The summed E-state index contributed by atoms with van der Waals surface area (Å²) >= 11 is 0. The van der Waals surface area contributed by atoms with Gasteiger partial charge in [0.2, 0.25) is 0 Å². The minimum Gasteiger partial charge on any atom is -0.486 e. The number of benzene rings is 1. The van der Waals surface area contributed by atoms with Crippen LogP contribution in [0.2, 0.25) is 0 Å². The van der Waals surface area contributed by atoms with E-state index < -0.39 is 10.8 Å². The van der Waals surface area contributed by atoms with Gasteiger partial charge in [-0.25, -0.2) is 0 Å². The smallest absolute Gasteiger partial charge is 0.162 e. The van der Waals surface area contributed by atoms with Crippen LogP contribution in [0.5, 0.6) is 11.5 Å². The van der Waals surface area contributed by atoms with Gasteiger partial charge in [0, 0.05) is 22.8 Å². The van der Waals surface area contributed by atoms with Crippen LogP contribution >= 0.6 is 0 Å². The van der Waals surface area contributed by atoms with Crippen molar-refractivity contribution in [3.05, 3.63) is 18.2 Å². The van der Waals surface area contributed by atoms with Crippen LogP contribution < -0.4 is 15.2 Å². The molecular weight excluding hydrogens is 226 g/mol. The van der Waals surface area contributed by atoms with E-state index in [-0.39, 0.29) is 6.04 Å². The number of rotatable bonds is 3. The van der Waals surface area contributed by atoms with Crippen LogP contribution in [0, 0.1) is 0 Å². The number of nitrogens with two attached hydrogens (primary N) is 1. The molecule has 1 aliphatic rings. The molecular formula is C11H15NO3S. The molecule has 1 aromatic carbocycles. The predicted molar refractivity (Wildman–Crippen MR) is 62.4 cm³/mol. The highest BCUT2D eigenvalue weighted by Crippen LogP contribution is 2.31. The average Bonchev–Trinajstić information content (AvgIpc) is 2.27. The lowest BCUT2D eigenvalue weighted by Gasteiger charge is -2.18. The summed E-state index contributed by atoms with van der Waals surface area (Å²) in [4.78, 5) is 0.738. The molecule has 4 nitrogen and oxygen atoms in total. The van der Waals surface area contributed by atoms with Gasteiger partial charge in [-0.15, -0.1) is 0 Å². The molecule has 2 atom stereocenters. The molecule has 1 aliphatic heterocycles. The molecule has 0 bridgehead atoms. The molecule has 0 radical (unpaired) electrons. The number of ether oxygens (including phenoxy) is 2. The molecule has 16 heavy (non-hydrogen) atoms. The lowest BCUT2D eigenvalue weighted by Crippen LogP contribution is -2.23. The van der Waals surface area contributed by atoms with Gasteiger partial charge in [0.1, 0.15) is 13.2 Å². The zero-order valence-electron chi connectivity index (χ0n) is 9.14. The molecule has 88 valence electrons. The van der Waals surface area contributed by atoms with Gasteiger partial charge in [-0.3, -0.25) is 4.21 Å². The second-order valence-electron chi connectivity index (χ2n) is 3.79. The van der Waals surface area contributed by atoms with Crippen LogP contribution in [-0.4, -0.2) is 29.2 Å². The maximum Gasteiger partial charge on any atom is 0.162 e. The molecule has 0 saturated heterocycles. The molecule has 2 rings (SSSR count). The van der Waals surface area contributed by atoms with E-state index in [0.717, 1.165) is 4.90 Å². The van der Waals surface area contributed by atoms with E-state index in [2.05, 4.69) is 0 Å². The molecule has 0 aromatic heterocycles. The summed E-state index contributed by atoms with van der Waals surface area (Å²) in [5.41, 5.74) is 5.62. The minimum atomic E-state index is -1.07. The number of fused-ring (bicyclic) bond motifs is 1. The Balaban J connectivity index is 2.19. The summed E-state index contributed by atoms with van der Waals surface area (Å²) in [7, 11) is -1.07. The average molecular weight is 241 g/mol. The van der Waals surface area contributed by atoms with Crippen molar-refractivity contribution >= 4 is 10.8 Å². The summed E-state index contributed by atoms with van der Waals surface area (Å²) < 4.78 is 22.7. The first-order valence-corrected chi connectivity index (χ1v) is 6.52. The highest BCUT2D eigenvalue weighted by molar-refractivity contribution is 7.85. The van der Waals surface area contributed by atoms with Gasteiger partial charge in [-0.05, 0) is 19.1 Å². The van der Waals surface area contributed by atoms with Crippen molar-refractivity contribution in [1.29, 1.82) is 0 Å². The first-order valence-electron chi connectivity index (χ1n) is 5.20. The van der Waals surface area contributed by atoms with E-state index in [4.69, 9.17) is 15.2 Å². The van der Waals surface area contributed by atoms with Crippen molar-refractivity contribution in [2.75, 3.05) is 19.0 Å². The maximum absolute atomic E-state index is 11.9. The number of hydrogen-bond acceptors (Lipinski definition) is 4. The van der Waals surface area contributed by atoms with Crippen LogP contribution in [-0.2, 0) is 10.8 Å². The third-order valence-electron chi connectivity index (χ3n) is 2.19. The van der Waals surface area contributed by atoms with Gasteiger partial charge in [0.15, 0.2) is 11.5 Å². The SMILES string of the molecule is CC(N)CS(=O)c1ccc2c(c1)OCCO2. The predicted octanol–water partition coefficient (Wildman–Crippen LogP) is 0.913. The molecule has 0 saturated carbocycles. The molecule has 2 unspecified atom stereocenters. The lowest BCUT2D eigenvalue weighted by molar-refractivity contribution is 0.171. The zero-order valence-corrected chi connectivity index (χ0v) is 9.96. The minimum absolute atomic E-state index is 0.0750. The second kappa shape index (κ2) is 4.84. The fourth-order valence-corrected chi connectivity index (χ4v) is 2.63. The van der Waals surface area contributed by atoms with E-state index in [1.165, 1.54) is 0 Å². The Labute approximate surface area is 97.2 Å². The van der Waals surface area contributed by atoms with Crippen molar-refractivity contribution in [3.63, 3.8) is 0 Å². The molecule has 1 aromatic rings. The second-order valence-corrected chi connectivity index (χ2v) is 5.29. The summed E-state index contributed by atoms with van der Waals surface area (Å²) in [6, 6.07) is 5.29. The normalized spacial score (nSPS) is 17.9. The largest absolute Gasteiger partial charge is 0.486 e. The van der Waals surface area contributed by atoms with Crippen molar-refractivity contribution < 1.29 is 13.7 Å². The number of hydrogen-bond donors (Lipinski definition) is 1. The van der Waals surface area contributed by atoms with Gasteiger partial charge in [0.05, 0.1) is 10.8 Å². The van der Waals surface area contributed by atoms with E-state index in [0.29, 0.717) is 30.5 Å². The standard InChI is InChI=1S/C11H15NO3S/c1-8(12)7-16(13)9-2-3-10-11(6-9)15-5-4-14-10/h2-3,6,8H,4-5,7,12H2,1H3. The van der Waals surface area contributed by atoms with Crippen molar-refractivity contribution in [1.82, 2.24) is 0 Å². The Morgan fingerprint density at radius 1 is 1.38 bits per heavy atom. The van der Waals surface area contributed by atoms with Crippen molar-refractivity contribution in [2.24, 2.45) is 5.73 Å². The Morgan fingerprint density at radius 2 is 2.06 bits per heavy atom. The van der Waals surface area contributed by atoms with Crippen LogP contribution in [0.4, 0.5) is 0 Å². The van der Waals surface area contributed by atoms with E-state index in [9.17, 15) is 4.21 Å². The van der Waals surface area contributed by atoms with Crippen molar-refractivity contribution in [2.45, 2.75) is 17.9 Å². The molecule has 2 N–H and O–H groups in total. The first kappa shape index (κ1) is 11.4. The lowest BCUT2D eigenvalue weighted by atomic mass is 10.3. The highest BCUT2D eigenvalue weighted by atomic mass is 32.2. The monoisotopic (exact) mass is 241 g/mol. The Morgan fingerprint density at radius 3 is 2.75 bits per heavy atom. The first-order chi connectivity index (χ1) is 7.66. The van der Waals surface area contributed by atoms with E-state index in [1.807, 2.05) is 6.92 Å². The Hall–Kier alpha value is -1.07. The topological polar surface area (TPSA) is 61.6 Å². The van der Waals surface area contributed by atoms with Gasteiger partial charge in [-0.1, -0.05) is 0 Å². The third-order valence-corrected chi connectivity index (χ3v) is 3.80. The Kier molecular flexibility index (Phi) is 3.46. The fraction of sp³-hybridized carbons (Fsp3) is 0.455. The quantitative estimate of drug-likeness (QED) is 0.854. The van der Waals surface area contributed by atoms with Gasteiger partial charge in [0.25, 0.3) is 0 Å². The molecule has 5 heteroatoms. The van der Waals surface area contributed by atoms with Crippen LogP contribution in [0.3, 0.4) is 0 Å². The van der Waals surface area contributed by atoms with E-state index in [1.54, 1.807) is 18.2 Å². The van der Waals surface area contributed by atoms with Gasteiger partial charge in [-0.2, -0.15) is 0 Å². The molecule has 1 heterocycles. The summed E-state index contributed by atoms with van der Waals surface area (Å²) in [5, 5.41) is 0. The Bertz CT molecular complexity index is 406. The molecule has 0 fully saturated rings. The van der Waals surface area contributed by atoms with Crippen molar-refractivity contribution in [3.8, 4) is 11.5 Å². The third kappa shape index (κ3) is 2.54. The van der Waals surface area contributed by atoms with Crippen LogP contribution in [0.25, 0.3) is 0 Å². The molecule has 0 spiro atoms. The van der Waals surface area contributed by atoms with Crippen LogP contribution in [0.1, 0.15) is 6.92 Å². The maximum atomic E-state index is 11.9. The summed E-state index contributed by atoms with van der Waals surface area (Å²) in [5.74, 6) is 1.84. The van der Waals surface area contributed by atoms with Gasteiger partial charge < -0.3 is 15.2 Å². The van der Waals surface area contributed by atoms with Gasteiger partial charge >= 0.3 is 0 Å².